The second-order valence-corrected chi connectivity index (χ2v) is 2.15. The summed E-state index contributed by atoms with van der Waals surface area (Å²) in [5.74, 6) is -2.06. The third kappa shape index (κ3) is 1.76. The number of esters is 1. The van der Waals surface area contributed by atoms with Gasteiger partial charge in [0.2, 0.25) is 5.91 Å². The Labute approximate surface area is 64.2 Å². The fourth-order valence-corrected chi connectivity index (χ4v) is 0.779. The van der Waals surface area contributed by atoms with Gasteiger partial charge in [0.25, 0.3) is 5.91 Å². The minimum absolute atomic E-state index is 0.216. The molecule has 1 N–H and O–H groups in total. The topological polar surface area (TPSA) is 72.5 Å². The Morgan fingerprint density at radius 3 is 2.82 bits per heavy atom. The second kappa shape index (κ2) is 2.69. The van der Waals surface area contributed by atoms with Gasteiger partial charge in [-0.05, 0) is 0 Å². The summed E-state index contributed by atoms with van der Waals surface area (Å²) in [4.78, 5) is 32.0. The van der Waals surface area contributed by atoms with Crippen LogP contribution in [0.2, 0.25) is 1.41 Å². The van der Waals surface area contributed by atoms with Crippen LogP contribution >= 0.6 is 0 Å². The van der Waals surface area contributed by atoms with Crippen LogP contribution in [0.15, 0.2) is 0 Å². The SMILES string of the molecule is [2H]N1C(=O)CC(OC(C)=O)C1=O. The number of imide groups is 1. The molecule has 0 spiro atoms. The summed E-state index contributed by atoms with van der Waals surface area (Å²) in [6.07, 6.45) is -1.31. The van der Waals surface area contributed by atoms with E-state index < -0.39 is 23.9 Å². The number of carbonyl (C=O) groups is 3. The van der Waals surface area contributed by atoms with Gasteiger partial charge in [0, 0.05) is 6.92 Å². The predicted molar refractivity (Wildman–Crippen MR) is 33.3 cm³/mol. The molecule has 0 radical (unpaired) electrons. The van der Waals surface area contributed by atoms with Gasteiger partial charge in [-0.15, -0.1) is 0 Å². The Morgan fingerprint density at radius 2 is 2.45 bits per heavy atom. The Bertz CT molecular complexity index is 250. The highest BCUT2D eigenvalue weighted by Gasteiger charge is 2.32. The Morgan fingerprint density at radius 1 is 1.82 bits per heavy atom. The van der Waals surface area contributed by atoms with E-state index in [1.807, 2.05) is 0 Å². The molecule has 1 aliphatic heterocycles. The van der Waals surface area contributed by atoms with Crippen molar-refractivity contribution < 1.29 is 20.5 Å². The van der Waals surface area contributed by atoms with Crippen molar-refractivity contribution in [2.24, 2.45) is 0 Å². The van der Waals surface area contributed by atoms with E-state index in [0.29, 0.717) is 0 Å². The summed E-state index contributed by atoms with van der Waals surface area (Å²) < 4.78 is 11.4. The van der Waals surface area contributed by atoms with Crippen LogP contribution in [0.4, 0.5) is 0 Å². The monoisotopic (exact) mass is 158 g/mol. The molecule has 1 atom stereocenters. The van der Waals surface area contributed by atoms with Gasteiger partial charge in [0.15, 0.2) is 7.52 Å². The van der Waals surface area contributed by atoms with Gasteiger partial charge < -0.3 is 4.74 Å². The Kier molecular flexibility index (Phi) is 1.55. The first-order valence-corrected chi connectivity index (χ1v) is 3.05. The summed E-state index contributed by atoms with van der Waals surface area (Å²) >= 11 is 0. The van der Waals surface area contributed by atoms with E-state index >= 15 is 0 Å². The van der Waals surface area contributed by atoms with Crippen LogP contribution in [-0.4, -0.2) is 23.9 Å². The summed E-state index contributed by atoms with van der Waals surface area (Å²) in [5.41, 5.74) is 0. The molecule has 0 bridgehead atoms. The summed E-state index contributed by atoms with van der Waals surface area (Å²) in [5, 5.41) is 0.216. The average Bonchev–Trinajstić information content (AvgIpc) is 2.17. The molecule has 1 fully saturated rings. The smallest absolute Gasteiger partial charge is 0.303 e. The molecule has 1 saturated heterocycles. The molecule has 0 aromatic heterocycles. The van der Waals surface area contributed by atoms with Crippen molar-refractivity contribution in [3.05, 3.63) is 0 Å². The van der Waals surface area contributed by atoms with Gasteiger partial charge in [-0.1, -0.05) is 0 Å². The molecule has 0 aromatic carbocycles. The van der Waals surface area contributed by atoms with E-state index in [1.165, 1.54) is 0 Å². The molecule has 5 heteroatoms. The number of amides is 2. The molecule has 0 saturated carbocycles. The lowest BCUT2D eigenvalue weighted by Gasteiger charge is -2.04. The van der Waals surface area contributed by atoms with E-state index in [2.05, 4.69) is 4.74 Å². The zero-order valence-electron chi connectivity index (χ0n) is 6.86. The second-order valence-electron chi connectivity index (χ2n) is 2.15. The number of rotatable bonds is 1. The first-order chi connectivity index (χ1) is 5.52. The lowest BCUT2D eigenvalue weighted by molar-refractivity contribution is -0.151. The minimum Gasteiger partial charge on any atom is -0.452 e. The maximum Gasteiger partial charge on any atom is 0.303 e. The molecular formula is C6H7NO4. The Balaban J connectivity index is 2.65. The van der Waals surface area contributed by atoms with Crippen molar-refractivity contribution in [1.82, 2.24) is 5.31 Å². The van der Waals surface area contributed by atoms with Crippen molar-refractivity contribution in [2.75, 3.05) is 0 Å². The van der Waals surface area contributed by atoms with Crippen LogP contribution in [0.25, 0.3) is 0 Å². The van der Waals surface area contributed by atoms with Crippen LogP contribution in [0.1, 0.15) is 13.3 Å². The summed E-state index contributed by atoms with van der Waals surface area (Å²) in [6, 6.07) is 0. The predicted octanol–water partition coefficient (Wildman–Crippen LogP) is -1.04. The molecule has 1 unspecified atom stereocenters. The summed E-state index contributed by atoms with van der Waals surface area (Å²) in [7, 11) is 0. The largest absolute Gasteiger partial charge is 0.452 e. The highest BCUT2D eigenvalue weighted by Crippen LogP contribution is 2.05. The number of hydrogen-bond donors (Lipinski definition) is 1. The van der Waals surface area contributed by atoms with Gasteiger partial charge in [0.05, 0.1) is 6.42 Å². The van der Waals surface area contributed by atoms with Crippen molar-refractivity contribution >= 4 is 17.8 Å². The number of hydrogen-bond acceptors (Lipinski definition) is 4. The number of nitrogens with one attached hydrogen (secondary N) is 1. The fraction of sp³-hybridized carbons (Fsp3) is 0.500. The van der Waals surface area contributed by atoms with Crippen LogP contribution < -0.4 is 5.31 Å². The molecule has 5 nitrogen and oxygen atoms in total. The fourth-order valence-electron chi connectivity index (χ4n) is 0.779. The van der Waals surface area contributed by atoms with Crippen molar-refractivity contribution in [3.63, 3.8) is 0 Å². The molecule has 60 valence electrons. The van der Waals surface area contributed by atoms with E-state index in [4.69, 9.17) is 1.41 Å². The minimum atomic E-state index is -1.09. The first-order valence-electron chi connectivity index (χ1n) is 3.50. The third-order valence-corrected chi connectivity index (χ3v) is 1.18. The average molecular weight is 158 g/mol. The van der Waals surface area contributed by atoms with Crippen molar-refractivity contribution in [1.29, 1.82) is 0 Å². The highest BCUT2D eigenvalue weighted by molar-refractivity contribution is 6.05. The van der Waals surface area contributed by atoms with Crippen LogP contribution in [-0.2, 0) is 19.1 Å². The highest BCUT2D eigenvalue weighted by atomic mass is 16.5. The zero-order chi connectivity index (χ0) is 9.30. The number of carbonyl (C=O) groups excluding carboxylic acids is 3. The lowest BCUT2D eigenvalue weighted by Crippen LogP contribution is -2.27. The van der Waals surface area contributed by atoms with E-state index in [0.717, 1.165) is 6.92 Å². The molecular weight excluding hydrogens is 150 g/mol. The third-order valence-electron chi connectivity index (χ3n) is 1.18. The van der Waals surface area contributed by atoms with Crippen LogP contribution in [0.3, 0.4) is 0 Å². The van der Waals surface area contributed by atoms with Gasteiger partial charge >= 0.3 is 5.97 Å². The normalized spacial score (nSPS) is 25.4. The van der Waals surface area contributed by atoms with Crippen molar-refractivity contribution in [3.8, 4) is 0 Å². The Hall–Kier alpha value is -1.39. The molecule has 1 rings (SSSR count). The zero-order valence-corrected chi connectivity index (χ0v) is 5.86. The van der Waals surface area contributed by atoms with Gasteiger partial charge in [-0.2, -0.15) is 0 Å². The molecule has 11 heavy (non-hydrogen) atoms. The van der Waals surface area contributed by atoms with Gasteiger partial charge in [0.1, 0.15) is 0 Å². The first kappa shape index (κ1) is 6.33. The molecule has 0 aliphatic carbocycles. The molecule has 1 aliphatic rings. The van der Waals surface area contributed by atoms with E-state index in [1.54, 1.807) is 0 Å². The van der Waals surface area contributed by atoms with Gasteiger partial charge in [-0.25, -0.2) is 0 Å². The van der Waals surface area contributed by atoms with Crippen LogP contribution in [0.5, 0.6) is 0 Å². The maximum atomic E-state index is 10.9. The quantitative estimate of drug-likeness (QED) is 0.391. The number of ether oxygens (including phenoxy) is 1. The standard InChI is InChI=1S/C6H7NO4/c1-3(8)11-4-2-5(9)7-6(4)10/h4H,2H2,1H3,(H,7,9,10)/i/hD. The summed E-state index contributed by atoms with van der Waals surface area (Å²) in [6.45, 7) is 1.14. The van der Waals surface area contributed by atoms with Crippen molar-refractivity contribution in [2.45, 2.75) is 19.4 Å². The maximum absolute atomic E-state index is 10.9. The molecule has 1 heterocycles. The van der Waals surface area contributed by atoms with E-state index in [-0.39, 0.29) is 11.7 Å². The van der Waals surface area contributed by atoms with Gasteiger partial charge in [-0.3, -0.25) is 19.7 Å². The molecule has 2 amide bonds. The molecule has 0 aromatic rings. The van der Waals surface area contributed by atoms with Crippen LogP contribution in [0, 0.1) is 0 Å². The lowest BCUT2D eigenvalue weighted by atomic mass is 10.3. The van der Waals surface area contributed by atoms with E-state index in [9.17, 15) is 14.4 Å².